The molecule has 0 atom stereocenters. The molecule has 0 bridgehead atoms. The summed E-state index contributed by atoms with van der Waals surface area (Å²) >= 11 is 0. The minimum Gasteiger partial charge on any atom is -0.377 e. The normalized spacial score (nSPS) is 11.4. The first-order valence-electron chi connectivity index (χ1n) is 4.79. The van der Waals surface area contributed by atoms with Crippen LogP contribution in [0.3, 0.4) is 0 Å². The Balaban J connectivity index is 3.88. The molecule has 0 aliphatic heterocycles. The molecule has 0 saturated heterocycles. The topological polar surface area (TPSA) is 52.4 Å². The van der Waals surface area contributed by atoms with Crippen LogP contribution in [-0.2, 0) is 4.74 Å². The van der Waals surface area contributed by atoms with Gasteiger partial charge in [0.25, 0.3) is 0 Å². The molecule has 0 aliphatic rings. The molecule has 0 fully saturated rings. The largest absolute Gasteiger partial charge is 0.377 e. The van der Waals surface area contributed by atoms with Crippen molar-refractivity contribution in [3.05, 3.63) is 22.3 Å². The van der Waals surface area contributed by atoms with Gasteiger partial charge in [-0.15, -0.1) is 0 Å². The lowest BCUT2D eigenvalue weighted by atomic mass is 9.97. The summed E-state index contributed by atoms with van der Waals surface area (Å²) in [5.41, 5.74) is -0.160. The van der Waals surface area contributed by atoms with Gasteiger partial charge >= 0.3 is 0 Å². The Morgan fingerprint density at radius 3 is 2.57 bits per heavy atom. The van der Waals surface area contributed by atoms with E-state index in [1.165, 1.54) is 0 Å². The second-order valence-corrected chi connectivity index (χ2v) is 4.05. The Morgan fingerprint density at radius 1 is 1.57 bits per heavy atom. The maximum Gasteiger partial charge on any atom is 0.220 e. The minimum absolute atomic E-state index is 0.280. The Hall–Kier alpha value is -0.900. The number of nitro groups is 1. The molecule has 82 valence electrons. The molecule has 0 rings (SSSR count). The molecule has 0 radical (unpaired) electrons. The van der Waals surface area contributed by atoms with E-state index in [-0.39, 0.29) is 4.92 Å². The van der Waals surface area contributed by atoms with Gasteiger partial charge in [-0.05, 0) is 12.0 Å². The predicted molar refractivity (Wildman–Crippen MR) is 55.9 cm³/mol. The van der Waals surface area contributed by atoms with Crippen molar-refractivity contribution in [1.29, 1.82) is 0 Å². The first-order valence-corrected chi connectivity index (χ1v) is 4.79. The minimum atomic E-state index is -0.938. The second-order valence-electron chi connectivity index (χ2n) is 4.05. The molecule has 0 unspecified atom stereocenters. The van der Waals surface area contributed by atoms with Crippen LogP contribution in [0.4, 0.5) is 0 Å². The summed E-state index contributed by atoms with van der Waals surface area (Å²) in [6.07, 6.45) is 1.32. The van der Waals surface area contributed by atoms with Crippen LogP contribution in [0.5, 0.6) is 0 Å². The average Bonchev–Trinajstić information content (AvgIpc) is 2.03. The highest BCUT2D eigenvalue weighted by Gasteiger charge is 2.31. The summed E-state index contributed by atoms with van der Waals surface area (Å²) in [7, 11) is 0. The zero-order chi connectivity index (χ0) is 11.2. The third kappa shape index (κ3) is 4.97. The van der Waals surface area contributed by atoms with E-state index in [2.05, 4.69) is 6.58 Å². The molecule has 4 heteroatoms. The fourth-order valence-corrected chi connectivity index (χ4v) is 1.09. The molecule has 0 aromatic carbocycles. The maximum absolute atomic E-state index is 10.6. The van der Waals surface area contributed by atoms with E-state index in [9.17, 15) is 10.1 Å². The molecule has 0 spiro atoms. The van der Waals surface area contributed by atoms with Gasteiger partial charge in [-0.25, -0.2) is 0 Å². The Kier molecular flexibility index (Phi) is 5.38. The van der Waals surface area contributed by atoms with Gasteiger partial charge in [0.1, 0.15) is 0 Å². The van der Waals surface area contributed by atoms with E-state index in [4.69, 9.17) is 4.74 Å². The van der Waals surface area contributed by atoms with Gasteiger partial charge in [0.05, 0.1) is 6.61 Å². The zero-order valence-corrected chi connectivity index (χ0v) is 9.21. The van der Waals surface area contributed by atoms with Crippen molar-refractivity contribution in [3.8, 4) is 0 Å². The quantitative estimate of drug-likeness (QED) is 0.275. The Morgan fingerprint density at radius 2 is 2.14 bits per heavy atom. The third-order valence-corrected chi connectivity index (χ3v) is 1.83. The van der Waals surface area contributed by atoms with Crippen molar-refractivity contribution < 1.29 is 9.66 Å². The van der Waals surface area contributed by atoms with Crippen molar-refractivity contribution in [2.24, 2.45) is 0 Å². The van der Waals surface area contributed by atoms with Gasteiger partial charge in [-0.2, -0.15) is 0 Å². The van der Waals surface area contributed by atoms with Crippen LogP contribution < -0.4 is 0 Å². The van der Waals surface area contributed by atoms with Crippen molar-refractivity contribution in [2.75, 3.05) is 13.2 Å². The molecule has 0 aromatic rings. The molecule has 0 amide bonds. The molecule has 4 nitrogen and oxygen atoms in total. The van der Waals surface area contributed by atoms with Crippen LogP contribution in [0.2, 0.25) is 0 Å². The summed E-state index contributed by atoms with van der Waals surface area (Å²) in [6.45, 7) is 10.1. The molecule has 0 aromatic heterocycles. The van der Waals surface area contributed by atoms with Crippen molar-refractivity contribution in [1.82, 2.24) is 0 Å². The lowest BCUT2D eigenvalue weighted by molar-refractivity contribution is -0.560. The molecule has 14 heavy (non-hydrogen) atoms. The van der Waals surface area contributed by atoms with Crippen molar-refractivity contribution >= 4 is 0 Å². The fourth-order valence-electron chi connectivity index (χ4n) is 1.09. The van der Waals surface area contributed by atoms with E-state index in [1.807, 2.05) is 6.92 Å². The fraction of sp³-hybridized carbons (Fsp3) is 0.800. The number of hydrogen-bond acceptors (Lipinski definition) is 3. The third-order valence-electron chi connectivity index (χ3n) is 1.83. The van der Waals surface area contributed by atoms with E-state index in [1.54, 1.807) is 13.8 Å². The summed E-state index contributed by atoms with van der Waals surface area (Å²) in [5.74, 6) is 0. The van der Waals surface area contributed by atoms with Crippen molar-refractivity contribution in [3.63, 3.8) is 0 Å². The van der Waals surface area contributed by atoms with Crippen LogP contribution in [0.15, 0.2) is 12.2 Å². The van der Waals surface area contributed by atoms with Crippen LogP contribution in [0.1, 0.15) is 33.6 Å². The van der Waals surface area contributed by atoms with Crippen LogP contribution >= 0.6 is 0 Å². The van der Waals surface area contributed by atoms with Gasteiger partial charge < -0.3 is 4.74 Å². The number of ether oxygens (including phenoxy) is 1. The smallest absolute Gasteiger partial charge is 0.220 e. The first-order chi connectivity index (χ1) is 6.40. The standard InChI is InChI=1S/C10H19NO3/c1-5-6-14-8-9(2)7-10(3,4)11(12)13/h2,5-8H2,1,3-4H3. The first kappa shape index (κ1) is 13.1. The monoisotopic (exact) mass is 201 g/mol. The molecule has 0 heterocycles. The highest BCUT2D eigenvalue weighted by atomic mass is 16.6. The van der Waals surface area contributed by atoms with Gasteiger partial charge in [0.2, 0.25) is 5.54 Å². The molecule has 0 aliphatic carbocycles. The summed E-state index contributed by atoms with van der Waals surface area (Å²) in [5, 5.41) is 10.6. The number of rotatable bonds is 7. The summed E-state index contributed by atoms with van der Waals surface area (Å²) in [6, 6.07) is 0. The van der Waals surface area contributed by atoms with Gasteiger partial charge in [0.15, 0.2) is 0 Å². The Bertz CT molecular complexity index is 211. The molecule has 0 saturated carbocycles. The highest BCUT2D eigenvalue weighted by Crippen LogP contribution is 2.18. The highest BCUT2D eigenvalue weighted by molar-refractivity contribution is 4.99. The number of hydrogen-bond donors (Lipinski definition) is 0. The molecule has 0 N–H and O–H groups in total. The zero-order valence-electron chi connectivity index (χ0n) is 9.21. The number of nitrogens with zero attached hydrogens (tertiary/aromatic N) is 1. The lowest BCUT2D eigenvalue weighted by Crippen LogP contribution is -2.31. The average molecular weight is 201 g/mol. The summed E-state index contributed by atoms with van der Waals surface area (Å²) < 4.78 is 5.25. The van der Waals surface area contributed by atoms with Crippen LogP contribution in [-0.4, -0.2) is 23.7 Å². The van der Waals surface area contributed by atoms with Crippen LogP contribution in [0.25, 0.3) is 0 Å². The summed E-state index contributed by atoms with van der Waals surface area (Å²) in [4.78, 5) is 10.3. The molecular formula is C10H19NO3. The van der Waals surface area contributed by atoms with Crippen LogP contribution in [0, 0.1) is 10.1 Å². The van der Waals surface area contributed by atoms with E-state index in [0.717, 1.165) is 12.0 Å². The Labute approximate surface area is 85.1 Å². The van der Waals surface area contributed by atoms with Crippen molar-refractivity contribution in [2.45, 2.75) is 39.2 Å². The predicted octanol–water partition coefficient (Wildman–Crippen LogP) is 2.41. The van der Waals surface area contributed by atoms with E-state index in [0.29, 0.717) is 19.6 Å². The van der Waals surface area contributed by atoms with E-state index < -0.39 is 5.54 Å². The van der Waals surface area contributed by atoms with Gasteiger partial charge in [-0.1, -0.05) is 13.5 Å². The maximum atomic E-state index is 10.6. The van der Waals surface area contributed by atoms with Gasteiger partial charge in [0, 0.05) is 31.8 Å². The van der Waals surface area contributed by atoms with E-state index >= 15 is 0 Å². The second kappa shape index (κ2) is 5.75. The molecular weight excluding hydrogens is 182 g/mol. The lowest BCUT2D eigenvalue weighted by Gasteiger charge is -2.16. The SMILES string of the molecule is C=C(COCCC)CC(C)(C)[N+](=O)[O-]. The van der Waals surface area contributed by atoms with Gasteiger partial charge in [-0.3, -0.25) is 10.1 Å².